The molecular formula is C20H21N2. The van der Waals surface area contributed by atoms with Crippen LogP contribution in [0.4, 0.5) is 0 Å². The fraction of sp³-hybridized carbons (Fsp3) is 0.250. The number of hydrogen-bond donors (Lipinski definition) is 1. The van der Waals surface area contributed by atoms with E-state index in [0.717, 1.165) is 23.5 Å². The second-order valence-electron chi connectivity index (χ2n) is 5.55. The third-order valence-corrected chi connectivity index (χ3v) is 3.92. The fourth-order valence-electron chi connectivity index (χ4n) is 2.70. The Kier molecular flexibility index (Phi) is 4.69. The van der Waals surface area contributed by atoms with E-state index >= 15 is 0 Å². The van der Waals surface area contributed by atoms with E-state index in [2.05, 4.69) is 47.2 Å². The molecule has 2 heteroatoms. The van der Waals surface area contributed by atoms with Gasteiger partial charge in [-0.15, -0.1) is 0 Å². The largest absolute Gasteiger partial charge is 0.338 e. The summed E-state index contributed by atoms with van der Waals surface area (Å²) in [5.74, 6) is 0.916. The quantitative estimate of drug-likeness (QED) is 0.615. The van der Waals surface area contributed by atoms with E-state index in [1.54, 1.807) is 0 Å². The molecular weight excluding hydrogens is 268 g/mol. The number of nitrogens with one attached hydrogen (secondary N) is 1. The number of nitrogens with zero attached hydrogens (tertiary/aromatic N) is 1. The Morgan fingerprint density at radius 3 is 2.77 bits per heavy atom. The molecule has 0 saturated heterocycles. The normalized spacial score (nSPS) is 10.8. The highest BCUT2D eigenvalue weighted by atomic mass is 14.9. The molecule has 0 bridgehead atoms. The minimum absolute atomic E-state index is 0.916. The van der Waals surface area contributed by atoms with Gasteiger partial charge in [-0.1, -0.05) is 62.2 Å². The average molecular weight is 289 g/mol. The lowest BCUT2D eigenvalue weighted by Gasteiger charge is -2.07. The molecule has 0 spiro atoms. The average Bonchev–Trinajstić information content (AvgIpc) is 3.06. The maximum atomic E-state index is 4.53. The Morgan fingerprint density at radius 2 is 1.95 bits per heavy atom. The molecule has 0 unspecified atom stereocenters. The van der Waals surface area contributed by atoms with E-state index in [0.29, 0.717) is 0 Å². The molecule has 1 aromatic heterocycles. The summed E-state index contributed by atoms with van der Waals surface area (Å²) in [7, 11) is 0. The zero-order chi connectivity index (χ0) is 15.2. The monoisotopic (exact) mass is 289 g/mol. The topological polar surface area (TPSA) is 28.7 Å². The van der Waals surface area contributed by atoms with Gasteiger partial charge in [-0.05, 0) is 30.5 Å². The van der Waals surface area contributed by atoms with Crippen molar-refractivity contribution in [2.24, 2.45) is 0 Å². The van der Waals surface area contributed by atoms with Gasteiger partial charge in [0.25, 0.3) is 0 Å². The first-order chi connectivity index (χ1) is 10.9. The smallest absolute Gasteiger partial charge is 0.137 e. The van der Waals surface area contributed by atoms with Crippen molar-refractivity contribution in [3.63, 3.8) is 0 Å². The number of aryl methyl sites for hydroxylation is 1. The highest BCUT2D eigenvalue weighted by Crippen LogP contribution is 2.26. The predicted molar refractivity (Wildman–Crippen MR) is 91.5 cm³/mol. The van der Waals surface area contributed by atoms with Gasteiger partial charge in [0, 0.05) is 11.1 Å². The van der Waals surface area contributed by atoms with Crippen molar-refractivity contribution in [3.8, 4) is 22.6 Å². The predicted octanol–water partition coefficient (Wildman–Crippen LogP) is 5.28. The van der Waals surface area contributed by atoms with Gasteiger partial charge in [-0.2, -0.15) is 0 Å². The minimum Gasteiger partial charge on any atom is -0.338 e. The van der Waals surface area contributed by atoms with E-state index in [-0.39, 0.29) is 0 Å². The van der Waals surface area contributed by atoms with Crippen molar-refractivity contribution in [2.75, 3.05) is 0 Å². The minimum atomic E-state index is 0.916. The summed E-state index contributed by atoms with van der Waals surface area (Å²) in [6, 6.07) is 19.6. The van der Waals surface area contributed by atoms with Gasteiger partial charge < -0.3 is 4.98 Å². The molecule has 0 atom stereocenters. The molecule has 0 aliphatic carbocycles. The van der Waals surface area contributed by atoms with E-state index in [1.807, 2.05) is 30.5 Å². The van der Waals surface area contributed by atoms with Gasteiger partial charge >= 0.3 is 0 Å². The molecule has 0 saturated carbocycles. The first-order valence-electron chi connectivity index (χ1n) is 7.98. The number of H-pyrrole nitrogens is 1. The van der Waals surface area contributed by atoms with Crippen molar-refractivity contribution in [3.05, 3.63) is 66.4 Å². The van der Waals surface area contributed by atoms with E-state index in [1.165, 1.54) is 30.4 Å². The molecule has 2 nitrogen and oxygen atoms in total. The summed E-state index contributed by atoms with van der Waals surface area (Å²) in [5, 5.41) is 0. The second-order valence-corrected chi connectivity index (χ2v) is 5.55. The Labute approximate surface area is 132 Å². The number of hydrogen-bond acceptors (Lipinski definition) is 1. The van der Waals surface area contributed by atoms with Crippen LogP contribution in [0.25, 0.3) is 22.6 Å². The Morgan fingerprint density at radius 1 is 1.09 bits per heavy atom. The number of aromatic amines is 1. The summed E-state index contributed by atoms with van der Waals surface area (Å²) < 4.78 is 0. The highest BCUT2D eigenvalue weighted by molar-refractivity contribution is 5.67. The van der Waals surface area contributed by atoms with Gasteiger partial charge in [-0.3, -0.25) is 0 Å². The number of imidazole rings is 1. The zero-order valence-corrected chi connectivity index (χ0v) is 13.0. The molecule has 0 amide bonds. The lowest BCUT2D eigenvalue weighted by atomic mass is 10.00. The highest BCUT2D eigenvalue weighted by Gasteiger charge is 2.08. The molecule has 2 aromatic carbocycles. The summed E-state index contributed by atoms with van der Waals surface area (Å²) in [4.78, 5) is 7.98. The lowest BCUT2D eigenvalue weighted by molar-refractivity contribution is 0.718. The molecule has 1 heterocycles. The van der Waals surface area contributed by atoms with Crippen molar-refractivity contribution in [1.82, 2.24) is 9.97 Å². The van der Waals surface area contributed by atoms with Crippen LogP contribution in [0.15, 0.2) is 54.7 Å². The third-order valence-electron chi connectivity index (χ3n) is 3.92. The van der Waals surface area contributed by atoms with E-state index < -0.39 is 0 Å². The second kappa shape index (κ2) is 7.08. The van der Waals surface area contributed by atoms with Gasteiger partial charge in [0.1, 0.15) is 5.82 Å². The van der Waals surface area contributed by atoms with Gasteiger partial charge in [-0.25, -0.2) is 4.98 Å². The molecule has 0 aliphatic heterocycles. The Balaban J connectivity index is 1.87. The van der Waals surface area contributed by atoms with Crippen LogP contribution >= 0.6 is 0 Å². The van der Waals surface area contributed by atoms with Crippen LogP contribution < -0.4 is 0 Å². The number of rotatable bonds is 6. The molecule has 0 fully saturated rings. The summed E-state index contributed by atoms with van der Waals surface area (Å²) >= 11 is 0. The molecule has 1 radical (unpaired) electrons. The third kappa shape index (κ3) is 3.28. The Hall–Kier alpha value is -2.35. The molecule has 0 aliphatic rings. The lowest BCUT2D eigenvalue weighted by Crippen LogP contribution is -1.91. The number of unbranched alkanes of at least 4 members (excludes halogenated alkanes) is 2. The van der Waals surface area contributed by atoms with Crippen LogP contribution in [0.5, 0.6) is 0 Å². The molecule has 3 rings (SSSR count). The van der Waals surface area contributed by atoms with Crippen LogP contribution in [-0.2, 0) is 6.42 Å². The molecule has 3 aromatic rings. The van der Waals surface area contributed by atoms with Crippen molar-refractivity contribution in [1.29, 1.82) is 0 Å². The molecule has 22 heavy (non-hydrogen) atoms. The van der Waals surface area contributed by atoms with Crippen molar-refractivity contribution >= 4 is 0 Å². The van der Waals surface area contributed by atoms with E-state index in [9.17, 15) is 0 Å². The summed E-state index contributed by atoms with van der Waals surface area (Å²) in [6.45, 7) is 2.24. The van der Waals surface area contributed by atoms with Gasteiger partial charge in [0.15, 0.2) is 0 Å². The number of aromatic nitrogens is 2. The molecule has 111 valence electrons. The van der Waals surface area contributed by atoms with Crippen molar-refractivity contribution < 1.29 is 0 Å². The van der Waals surface area contributed by atoms with Crippen LogP contribution in [0.2, 0.25) is 0 Å². The van der Waals surface area contributed by atoms with Gasteiger partial charge in [0.05, 0.1) is 11.9 Å². The Bertz CT molecular complexity index is 713. The SMILES string of the molecule is CCCCCc1cc[c]cc1-c1cnc(-c2ccccc2)[nH]1. The van der Waals surface area contributed by atoms with Crippen molar-refractivity contribution in [2.45, 2.75) is 32.6 Å². The van der Waals surface area contributed by atoms with Crippen LogP contribution in [0.3, 0.4) is 0 Å². The van der Waals surface area contributed by atoms with Crippen LogP contribution in [0.1, 0.15) is 31.7 Å². The van der Waals surface area contributed by atoms with Gasteiger partial charge in [0.2, 0.25) is 0 Å². The molecule has 1 N–H and O–H groups in total. The zero-order valence-electron chi connectivity index (χ0n) is 13.0. The standard InChI is InChI=1S/C20H21N2/c1-2-3-5-10-16-11-8-9-14-18(16)19-15-21-20(22-19)17-12-6-4-7-13-17/h4,6-8,11-15H,2-3,5,10H2,1H3,(H,21,22). The van der Waals surface area contributed by atoms with E-state index in [4.69, 9.17) is 0 Å². The van der Waals surface area contributed by atoms with Crippen LogP contribution in [0, 0.1) is 6.07 Å². The van der Waals surface area contributed by atoms with Crippen LogP contribution in [-0.4, -0.2) is 9.97 Å². The first kappa shape index (κ1) is 14.6. The summed E-state index contributed by atoms with van der Waals surface area (Å²) in [5.41, 5.74) is 4.77. The maximum absolute atomic E-state index is 4.53. The number of benzene rings is 2. The first-order valence-corrected chi connectivity index (χ1v) is 7.98. The maximum Gasteiger partial charge on any atom is 0.137 e. The fourth-order valence-corrected chi connectivity index (χ4v) is 2.70. The summed E-state index contributed by atoms with van der Waals surface area (Å²) in [6.07, 6.45) is 6.78.